The van der Waals surface area contributed by atoms with Crippen molar-refractivity contribution in [1.82, 2.24) is 0 Å². The van der Waals surface area contributed by atoms with E-state index in [1.807, 2.05) is 0 Å². The number of allylic oxidation sites excluding steroid dienone is 4. The van der Waals surface area contributed by atoms with E-state index < -0.39 is 8.09 Å². The van der Waals surface area contributed by atoms with Crippen LogP contribution in [0.3, 0.4) is 0 Å². The first-order valence-electron chi connectivity index (χ1n) is 3.69. The van der Waals surface area contributed by atoms with Crippen LogP contribution in [0.25, 0.3) is 0 Å². The van der Waals surface area contributed by atoms with Crippen molar-refractivity contribution in [2.24, 2.45) is 0 Å². The second-order valence-electron chi connectivity index (χ2n) is 2.29. The predicted molar refractivity (Wildman–Crippen MR) is 70.8 cm³/mol. The van der Waals surface area contributed by atoms with Crippen LogP contribution in [-0.4, -0.2) is 40.4 Å². The molecule has 0 nitrogen and oxygen atoms in total. The zero-order valence-corrected chi connectivity index (χ0v) is 14.3. The zero-order chi connectivity index (χ0) is 8.99. The summed E-state index contributed by atoms with van der Waals surface area (Å²) in [6.07, 6.45) is 8.98. The van der Waals surface area contributed by atoms with Crippen LogP contribution in [-0.2, 0) is 0 Å². The second kappa shape index (κ2) is 5.65. The van der Waals surface area contributed by atoms with Gasteiger partial charge in [-0.15, -0.1) is 0 Å². The zero-order valence-electron chi connectivity index (χ0n) is 6.74. The summed E-state index contributed by atoms with van der Waals surface area (Å²) in [4.78, 5) is 0. The van der Waals surface area contributed by atoms with Crippen molar-refractivity contribution in [3.63, 3.8) is 0 Å². The molecule has 5 heteroatoms. The second-order valence-corrected chi connectivity index (χ2v) is 22.5. The molecule has 2 rings (SSSR count). The van der Waals surface area contributed by atoms with Crippen molar-refractivity contribution >= 4 is 64.3 Å². The van der Waals surface area contributed by atoms with E-state index in [1.54, 1.807) is 0 Å². The van der Waals surface area contributed by atoms with Gasteiger partial charge in [0.25, 0.3) is 0 Å². The fourth-order valence-corrected chi connectivity index (χ4v) is 41.8. The molecule has 0 aromatic heterocycles. The first-order chi connectivity index (χ1) is 6.41. The third kappa shape index (κ3) is 3.31. The Morgan fingerprint density at radius 2 is 1.31 bits per heavy atom. The monoisotopic (exact) mass is 442 g/mol. The standard InChI is InChI=1S/C8H10S3.2Sb/c1-3-5-7-11(9,10)8-6-4-2;;/h1-10H;;/q;2*+1/p-2. The van der Waals surface area contributed by atoms with Crippen LogP contribution >= 0.6 is 23.9 Å². The van der Waals surface area contributed by atoms with E-state index in [-0.39, 0.29) is 40.4 Å². The maximum absolute atomic E-state index is 2.45. The van der Waals surface area contributed by atoms with E-state index in [0.29, 0.717) is 0 Å². The van der Waals surface area contributed by atoms with Crippen LogP contribution in [0.15, 0.2) is 43.2 Å². The quantitative estimate of drug-likeness (QED) is 0.416. The summed E-state index contributed by atoms with van der Waals surface area (Å²) in [6, 6.07) is 0. The fraction of sp³-hybridized carbons (Fsp3) is 0. The minimum absolute atomic E-state index is 0.102. The molecule has 0 amide bonds. The van der Waals surface area contributed by atoms with Gasteiger partial charge in [0.2, 0.25) is 0 Å². The normalized spacial score (nSPS) is 27.1. The van der Waals surface area contributed by atoms with Crippen molar-refractivity contribution in [2.45, 2.75) is 0 Å². The third-order valence-electron chi connectivity index (χ3n) is 1.37. The van der Waals surface area contributed by atoms with Crippen LogP contribution < -0.4 is 0 Å². The predicted octanol–water partition coefficient (Wildman–Crippen LogP) is 3.41. The van der Waals surface area contributed by atoms with Gasteiger partial charge < -0.3 is 0 Å². The molecule has 0 aromatic rings. The third-order valence-corrected chi connectivity index (χ3v) is 33.4. The average molecular weight is 444 g/mol. The summed E-state index contributed by atoms with van der Waals surface area (Å²) < 4.78 is 4.80. The van der Waals surface area contributed by atoms with Crippen molar-refractivity contribution in [1.29, 1.82) is 0 Å². The molecule has 13 heavy (non-hydrogen) atoms. The van der Waals surface area contributed by atoms with E-state index >= 15 is 0 Å². The Kier molecular flexibility index (Phi) is 4.85. The van der Waals surface area contributed by atoms with Gasteiger partial charge in [-0.1, -0.05) is 0 Å². The molecule has 0 N–H and O–H groups in total. The number of hydrogen-bond acceptors (Lipinski definition) is 2. The Labute approximate surface area is 106 Å². The van der Waals surface area contributed by atoms with E-state index in [1.165, 1.54) is 0 Å². The Hall–Kier alpha value is 1.65. The Morgan fingerprint density at radius 3 is 1.85 bits per heavy atom. The first kappa shape index (κ1) is 11.1. The molecule has 0 fully saturated rings. The van der Waals surface area contributed by atoms with Gasteiger partial charge in [-0.3, -0.25) is 0 Å². The van der Waals surface area contributed by atoms with Gasteiger partial charge in [-0.2, -0.15) is 0 Å². The summed E-state index contributed by atoms with van der Waals surface area (Å²) >= 11 is -0.204. The molecule has 0 aromatic carbocycles. The molecule has 2 aliphatic rings. The van der Waals surface area contributed by atoms with Crippen LogP contribution in [0.1, 0.15) is 0 Å². The molecular weight excluding hydrogens is 436 g/mol. The van der Waals surface area contributed by atoms with Gasteiger partial charge in [0, 0.05) is 0 Å². The number of rotatable bonds is 0. The van der Waals surface area contributed by atoms with Gasteiger partial charge >= 0.3 is 107 Å². The molecule has 0 bridgehead atoms. The fourth-order valence-electron chi connectivity index (χ4n) is 0.822. The molecule has 0 unspecified atom stereocenters. The van der Waals surface area contributed by atoms with E-state index in [0.717, 1.165) is 0 Å². The summed E-state index contributed by atoms with van der Waals surface area (Å²) in [5.41, 5.74) is 0. The summed E-state index contributed by atoms with van der Waals surface area (Å²) in [5.74, 6) is 0. The van der Waals surface area contributed by atoms with Gasteiger partial charge in [-0.05, 0) is 0 Å². The molecule has 2 aliphatic heterocycles. The van der Waals surface area contributed by atoms with Crippen molar-refractivity contribution < 1.29 is 0 Å². The molecule has 0 saturated carbocycles. The summed E-state index contributed by atoms with van der Waals surface area (Å²) in [5, 5.41) is 4.89. The molecule has 0 atom stereocenters. The van der Waals surface area contributed by atoms with Gasteiger partial charge in [0.05, 0.1) is 0 Å². The first-order valence-corrected chi connectivity index (χ1v) is 17.2. The minimum atomic E-state index is -0.591. The SMILES string of the molecule is C1=[CH][Sb][S]S2(C=C1)C=CC=[CH][Sb][S]2. The molecule has 2 radical (unpaired) electrons. The maximum atomic E-state index is 2.45. The van der Waals surface area contributed by atoms with E-state index in [4.69, 9.17) is 0 Å². The molecule has 0 aliphatic carbocycles. The van der Waals surface area contributed by atoms with E-state index in [9.17, 15) is 0 Å². The topological polar surface area (TPSA) is 0 Å². The van der Waals surface area contributed by atoms with E-state index in [2.05, 4.69) is 58.9 Å². The number of hydrogen-bond donors (Lipinski definition) is 0. The van der Waals surface area contributed by atoms with Crippen LogP contribution in [0.2, 0.25) is 0 Å². The Bertz CT molecular complexity index is 264. The Morgan fingerprint density at radius 1 is 0.769 bits per heavy atom. The van der Waals surface area contributed by atoms with Crippen LogP contribution in [0.4, 0.5) is 0 Å². The van der Waals surface area contributed by atoms with Gasteiger partial charge in [-0.25, -0.2) is 0 Å². The molecule has 0 saturated heterocycles. The Balaban J connectivity index is 2.19. The molecule has 1 spiro atoms. The average Bonchev–Trinajstić information content (AvgIpc) is 2.50. The van der Waals surface area contributed by atoms with Gasteiger partial charge in [0.1, 0.15) is 0 Å². The molecule has 68 valence electrons. The van der Waals surface area contributed by atoms with Crippen molar-refractivity contribution in [3.8, 4) is 0 Å². The van der Waals surface area contributed by atoms with Crippen molar-refractivity contribution in [2.75, 3.05) is 0 Å². The molecule has 2 heterocycles. The van der Waals surface area contributed by atoms with Crippen molar-refractivity contribution in [3.05, 3.63) is 43.2 Å². The summed E-state index contributed by atoms with van der Waals surface area (Å²) in [7, 11) is 3.92. The van der Waals surface area contributed by atoms with Crippen LogP contribution in [0, 0.1) is 0 Å². The van der Waals surface area contributed by atoms with Crippen LogP contribution in [0.5, 0.6) is 0 Å². The molecular formula is C8H8S3Sb2. The van der Waals surface area contributed by atoms with Gasteiger partial charge in [0.15, 0.2) is 0 Å². The summed E-state index contributed by atoms with van der Waals surface area (Å²) in [6.45, 7) is 0.